The highest BCUT2D eigenvalue weighted by Gasteiger charge is 1.96. The molecule has 0 spiro atoms. The third-order valence-electron chi connectivity index (χ3n) is 3.03. The van der Waals surface area contributed by atoms with Gasteiger partial charge in [0.15, 0.2) is 0 Å². The Balaban J connectivity index is -0.000000289. The Hall–Kier alpha value is -1.47. The van der Waals surface area contributed by atoms with Crippen LogP contribution >= 0.6 is 12.6 Å². The topological polar surface area (TPSA) is 0 Å². The molecule has 0 N–H and O–H groups in total. The third-order valence-corrected chi connectivity index (χ3v) is 3.51. The number of hydrogen-bond acceptors (Lipinski definition) is 1. The second-order valence-corrected chi connectivity index (χ2v) is 6.07. The van der Waals surface area contributed by atoms with Gasteiger partial charge in [0.25, 0.3) is 0 Å². The summed E-state index contributed by atoms with van der Waals surface area (Å²) in [5.74, 6) is 0. The van der Waals surface area contributed by atoms with Crippen molar-refractivity contribution in [2.24, 2.45) is 0 Å². The van der Waals surface area contributed by atoms with Gasteiger partial charge in [-0.15, -0.1) is 25.8 Å². The minimum atomic E-state index is 1.09. The molecule has 0 saturated heterocycles. The number of aryl methyl sites for hydroxylation is 5. The van der Waals surface area contributed by atoms with E-state index in [2.05, 4.69) is 111 Å². The molecule has 1 heteroatoms. The van der Waals surface area contributed by atoms with E-state index >= 15 is 0 Å². The van der Waals surface area contributed by atoms with Crippen molar-refractivity contribution in [1.29, 1.82) is 0 Å². The molecule has 0 bridgehead atoms. The van der Waals surface area contributed by atoms with Gasteiger partial charge in [0.1, 0.15) is 0 Å². The maximum absolute atomic E-state index is 4.31. The lowest BCUT2D eigenvalue weighted by molar-refractivity contribution is 1.09. The summed E-state index contributed by atoms with van der Waals surface area (Å²) in [5.41, 5.74) is 6.57. The Morgan fingerprint density at radius 2 is 0.960 bits per heavy atom. The van der Waals surface area contributed by atoms with Crippen LogP contribution in [0, 0.1) is 34.6 Å². The molecule has 25 heavy (non-hydrogen) atoms. The summed E-state index contributed by atoms with van der Waals surface area (Å²) >= 11 is 4.31. The van der Waals surface area contributed by atoms with E-state index in [9.17, 15) is 0 Å². The van der Waals surface area contributed by atoms with Crippen LogP contribution in [0.25, 0.3) is 0 Å². The van der Waals surface area contributed by atoms with Crippen LogP contribution in [0.2, 0.25) is 0 Å². The van der Waals surface area contributed by atoms with E-state index in [0.717, 1.165) is 4.90 Å². The van der Waals surface area contributed by atoms with Crippen molar-refractivity contribution in [3.05, 3.63) is 77.4 Å². The zero-order chi connectivity index (χ0) is 20.4. The maximum atomic E-state index is 4.31. The Morgan fingerprint density at radius 3 is 1.24 bits per heavy atom. The van der Waals surface area contributed by atoms with Crippen LogP contribution in [0.4, 0.5) is 0 Å². The monoisotopic (exact) mass is 360 g/mol. The average Bonchev–Trinajstić information content (AvgIpc) is 2.61. The summed E-state index contributed by atoms with van der Waals surface area (Å²) < 4.78 is 0. The number of rotatable bonds is 0. The van der Waals surface area contributed by atoms with Crippen LogP contribution in [0.3, 0.4) is 0 Å². The van der Waals surface area contributed by atoms with Crippen molar-refractivity contribution in [1.82, 2.24) is 0 Å². The van der Waals surface area contributed by atoms with Gasteiger partial charge in [-0.05, 0) is 57.4 Å². The molecular weight excluding hydrogens is 320 g/mol. The SMILES string of the molecule is C=C.CC.CCC.Cc1cc(C)c(S)cc1C.Cc1ccc(C)cc1. The van der Waals surface area contributed by atoms with E-state index < -0.39 is 0 Å². The van der Waals surface area contributed by atoms with Crippen molar-refractivity contribution in [3.63, 3.8) is 0 Å². The zero-order valence-electron chi connectivity index (χ0n) is 18.0. The predicted molar refractivity (Wildman–Crippen MR) is 122 cm³/mol. The smallest absolute Gasteiger partial charge is 0.00720 e. The Kier molecular flexibility index (Phi) is 21.4. The minimum absolute atomic E-state index is 1.09. The first kappa shape index (κ1) is 28.3. The molecule has 0 saturated carbocycles. The van der Waals surface area contributed by atoms with E-state index in [0.29, 0.717) is 0 Å². The zero-order valence-corrected chi connectivity index (χ0v) is 18.9. The van der Waals surface area contributed by atoms with Gasteiger partial charge in [-0.2, -0.15) is 0 Å². The minimum Gasteiger partial charge on any atom is -0.143 e. The molecule has 2 aromatic rings. The number of hydrogen-bond donors (Lipinski definition) is 1. The van der Waals surface area contributed by atoms with Crippen molar-refractivity contribution >= 4 is 12.6 Å². The third kappa shape index (κ3) is 15.8. The molecular formula is C24H40S. The lowest BCUT2D eigenvalue weighted by Gasteiger charge is -2.03. The standard InChI is InChI=1S/C9H12S.C8H10.C3H8.C2H6.C2H4/c1-6-4-8(3)9(10)5-7(6)2;1-7-3-5-8(2)6-4-7;1-3-2;2*1-2/h4-5,10H,1-3H3;3-6H,1-2H3;3H2,1-2H3;1-2H3;1-2H2. The van der Waals surface area contributed by atoms with Gasteiger partial charge in [0.05, 0.1) is 0 Å². The van der Waals surface area contributed by atoms with Crippen LogP contribution in [-0.2, 0) is 0 Å². The number of thiol groups is 1. The van der Waals surface area contributed by atoms with Gasteiger partial charge in [-0.3, -0.25) is 0 Å². The number of benzene rings is 2. The van der Waals surface area contributed by atoms with E-state index in [1.165, 1.54) is 34.2 Å². The highest BCUT2D eigenvalue weighted by Crippen LogP contribution is 2.17. The molecule has 0 atom stereocenters. The van der Waals surface area contributed by atoms with Crippen LogP contribution < -0.4 is 0 Å². The molecule has 0 fully saturated rings. The molecule has 0 aliphatic carbocycles. The summed E-state index contributed by atoms with van der Waals surface area (Å²) in [7, 11) is 0. The summed E-state index contributed by atoms with van der Waals surface area (Å²) in [6.45, 7) is 24.7. The normalized spacial score (nSPS) is 8.08. The van der Waals surface area contributed by atoms with Gasteiger partial charge in [-0.1, -0.05) is 75.6 Å². The predicted octanol–water partition coefficient (Wildman–Crippen LogP) is 8.45. The Bertz CT molecular complexity index is 468. The maximum Gasteiger partial charge on any atom is 0.00720 e. The second-order valence-electron chi connectivity index (χ2n) is 5.58. The summed E-state index contributed by atoms with van der Waals surface area (Å²) in [5, 5.41) is 0. The fraction of sp³-hybridized carbons (Fsp3) is 0.417. The molecule has 142 valence electrons. The average molecular weight is 361 g/mol. The van der Waals surface area contributed by atoms with Crippen LogP contribution in [0.5, 0.6) is 0 Å². The van der Waals surface area contributed by atoms with Crippen molar-refractivity contribution < 1.29 is 0 Å². The largest absolute Gasteiger partial charge is 0.143 e. The van der Waals surface area contributed by atoms with Gasteiger partial charge in [0, 0.05) is 4.90 Å². The van der Waals surface area contributed by atoms with Gasteiger partial charge < -0.3 is 0 Å². The first-order valence-electron chi connectivity index (χ1n) is 9.11. The summed E-state index contributed by atoms with van der Waals surface area (Å²) in [6, 6.07) is 12.8. The quantitative estimate of drug-likeness (QED) is 0.353. The molecule has 2 aromatic carbocycles. The second kappa shape index (κ2) is 18.9. The molecule has 0 aliphatic heterocycles. The van der Waals surface area contributed by atoms with Gasteiger partial charge in [0.2, 0.25) is 0 Å². The summed E-state index contributed by atoms with van der Waals surface area (Å²) in [6.07, 6.45) is 1.25. The Labute approximate surface area is 163 Å². The van der Waals surface area contributed by atoms with Crippen molar-refractivity contribution in [3.8, 4) is 0 Å². The summed E-state index contributed by atoms with van der Waals surface area (Å²) in [4.78, 5) is 1.09. The molecule has 0 aromatic heterocycles. The molecule has 0 amide bonds. The van der Waals surface area contributed by atoms with E-state index in [1.54, 1.807) is 0 Å². The molecule has 0 radical (unpaired) electrons. The molecule has 0 unspecified atom stereocenters. The molecule has 0 heterocycles. The van der Waals surface area contributed by atoms with Gasteiger partial charge in [-0.25, -0.2) is 0 Å². The molecule has 2 rings (SSSR count). The van der Waals surface area contributed by atoms with E-state index in [1.807, 2.05) is 13.8 Å². The first-order valence-corrected chi connectivity index (χ1v) is 9.56. The van der Waals surface area contributed by atoms with E-state index in [4.69, 9.17) is 0 Å². The van der Waals surface area contributed by atoms with Crippen LogP contribution in [-0.4, -0.2) is 0 Å². The van der Waals surface area contributed by atoms with Crippen molar-refractivity contribution in [2.45, 2.75) is 73.6 Å². The highest BCUT2D eigenvalue weighted by atomic mass is 32.1. The fourth-order valence-corrected chi connectivity index (χ4v) is 1.84. The lowest BCUT2D eigenvalue weighted by atomic mass is 10.1. The molecule has 0 aliphatic rings. The van der Waals surface area contributed by atoms with Gasteiger partial charge >= 0.3 is 0 Å². The lowest BCUT2D eigenvalue weighted by Crippen LogP contribution is -1.83. The van der Waals surface area contributed by atoms with E-state index in [-0.39, 0.29) is 0 Å². The highest BCUT2D eigenvalue weighted by molar-refractivity contribution is 7.80. The first-order chi connectivity index (χ1) is 11.8. The molecule has 0 nitrogen and oxygen atoms in total. The van der Waals surface area contributed by atoms with Crippen molar-refractivity contribution in [2.75, 3.05) is 0 Å². The van der Waals surface area contributed by atoms with Crippen LogP contribution in [0.15, 0.2) is 54.5 Å². The Morgan fingerprint density at radius 1 is 0.680 bits per heavy atom. The van der Waals surface area contributed by atoms with Crippen LogP contribution in [0.1, 0.15) is 61.9 Å². The fourth-order valence-electron chi connectivity index (χ4n) is 1.58.